The van der Waals surface area contributed by atoms with Gasteiger partial charge in [-0.15, -0.1) is 0 Å². The monoisotopic (exact) mass is 1070 g/mol. The average molecular weight is 1080 g/mol. The topological polar surface area (TPSA) is 78.9 Å². The maximum absolute atomic E-state index is 12.9. The van der Waals surface area contributed by atoms with Gasteiger partial charge in [-0.05, 0) is 89.9 Å². The van der Waals surface area contributed by atoms with Crippen molar-refractivity contribution < 1.29 is 28.6 Å². The summed E-state index contributed by atoms with van der Waals surface area (Å²) in [4.78, 5) is 38.3. The van der Waals surface area contributed by atoms with E-state index < -0.39 is 6.10 Å². The Hall–Kier alpha value is -3.15. The van der Waals surface area contributed by atoms with E-state index >= 15 is 0 Å². The van der Waals surface area contributed by atoms with E-state index in [-0.39, 0.29) is 31.1 Å². The van der Waals surface area contributed by atoms with Crippen LogP contribution in [0.5, 0.6) is 0 Å². The standard InChI is InChI=1S/C71H126O6/c1-4-7-10-13-16-19-22-25-28-31-32-33-34-35-36-37-38-39-41-43-46-49-52-55-58-61-64-70(73)76-67-68(66-75-69(72)63-60-57-54-51-48-45-42-30-27-24-21-18-15-12-9-6-3)77-71(74)65-62-59-56-53-50-47-44-40-29-26-23-20-17-14-11-8-5-2/h8,11,17,20-21,24,26,29-30,42,44,47,68H,4-7,9-10,12-16,18-19,22-23,25,27-28,31-41,43,45-46,48-67H2,1-3H3/b11-8-,20-17-,24-21-,29-26-,42-30-,47-44-. The number of hydrogen-bond donors (Lipinski definition) is 0. The maximum Gasteiger partial charge on any atom is 0.306 e. The lowest BCUT2D eigenvalue weighted by Gasteiger charge is -2.18. The minimum absolute atomic E-state index is 0.0873. The molecule has 0 aliphatic carbocycles. The molecule has 0 aromatic heterocycles. The van der Waals surface area contributed by atoms with Gasteiger partial charge in [-0.2, -0.15) is 0 Å². The molecule has 0 spiro atoms. The molecule has 77 heavy (non-hydrogen) atoms. The molecule has 0 N–H and O–H groups in total. The van der Waals surface area contributed by atoms with E-state index in [1.54, 1.807) is 0 Å². The van der Waals surface area contributed by atoms with Crippen molar-refractivity contribution in [3.63, 3.8) is 0 Å². The van der Waals surface area contributed by atoms with Crippen LogP contribution in [0.15, 0.2) is 72.9 Å². The highest BCUT2D eigenvalue weighted by Crippen LogP contribution is 2.18. The summed E-state index contributed by atoms with van der Waals surface area (Å²) >= 11 is 0. The molecule has 0 rings (SSSR count). The van der Waals surface area contributed by atoms with E-state index in [4.69, 9.17) is 14.2 Å². The SMILES string of the molecule is CC/C=C\C/C=C\C/C=C\C/C=C\CCCCCCC(=O)OC(COC(=O)CCCCCCC/C=C\C/C=C\CCCCCC)COC(=O)CCCCCCCCCCCCCCCCCCCCCCCCCCCC. The molecule has 1 atom stereocenters. The summed E-state index contributed by atoms with van der Waals surface area (Å²) < 4.78 is 16.9. The minimum Gasteiger partial charge on any atom is -0.462 e. The van der Waals surface area contributed by atoms with Crippen molar-refractivity contribution in [1.29, 1.82) is 0 Å². The molecule has 0 aromatic carbocycles. The van der Waals surface area contributed by atoms with Crippen molar-refractivity contribution in [3.8, 4) is 0 Å². The molecule has 0 amide bonds. The first kappa shape index (κ1) is 73.8. The van der Waals surface area contributed by atoms with Crippen LogP contribution in [-0.4, -0.2) is 37.2 Å². The summed E-state index contributed by atoms with van der Waals surface area (Å²) in [5.41, 5.74) is 0. The van der Waals surface area contributed by atoms with Crippen LogP contribution in [-0.2, 0) is 28.6 Å². The number of unbranched alkanes of at least 4 members (excludes halogenated alkanes) is 38. The summed E-state index contributed by atoms with van der Waals surface area (Å²) in [6.07, 6.45) is 84.9. The number of ether oxygens (including phenoxy) is 3. The molecular formula is C71H126O6. The summed E-state index contributed by atoms with van der Waals surface area (Å²) in [5.74, 6) is -0.909. The van der Waals surface area contributed by atoms with Gasteiger partial charge in [-0.25, -0.2) is 0 Å². The molecule has 1 unspecified atom stereocenters. The molecular weight excluding hydrogens is 949 g/mol. The van der Waals surface area contributed by atoms with Gasteiger partial charge >= 0.3 is 17.9 Å². The summed E-state index contributed by atoms with van der Waals surface area (Å²) in [5, 5.41) is 0. The lowest BCUT2D eigenvalue weighted by atomic mass is 10.0. The summed E-state index contributed by atoms with van der Waals surface area (Å²) in [7, 11) is 0. The highest BCUT2D eigenvalue weighted by Gasteiger charge is 2.19. The maximum atomic E-state index is 12.9. The number of rotatable bonds is 61. The number of hydrogen-bond acceptors (Lipinski definition) is 6. The Labute approximate surface area is 478 Å². The predicted molar refractivity (Wildman–Crippen MR) is 335 cm³/mol. The van der Waals surface area contributed by atoms with Crippen LogP contribution in [0.3, 0.4) is 0 Å². The van der Waals surface area contributed by atoms with Crippen molar-refractivity contribution in [2.45, 2.75) is 348 Å². The van der Waals surface area contributed by atoms with Crippen molar-refractivity contribution in [2.24, 2.45) is 0 Å². The predicted octanol–water partition coefficient (Wildman–Crippen LogP) is 22.9. The molecule has 0 aliphatic heterocycles. The van der Waals surface area contributed by atoms with Crippen molar-refractivity contribution >= 4 is 17.9 Å². The number of allylic oxidation sites excluding steroid dienone is 12. The van der Waals surface area contributed by atoms with Gasteiger partial charge in [-0.3, -0.25) is 14.4 Å². The zero-order valence-electron chi connectivity index (χ0n) is 51.2. The van der Waals surface area contributed by atoms with E-state index in [2.05, 4.69) is 93.7 Å². The van der Waals surface area contributed by atoms with Gasteiger partial charge < -0.3 is 14.2 Å². The van der Waals surface area contributed by atoms with Gasteiger partial charge in [0.15, 0.2) is 6.10 Å². The Morgan fingerprint density at radius 2 is 0.506 bits per heavy atom. The minimum atomic E-state index is -0.795. The summed E-state index contributed by atoms with van der Waals surface area (Å²) in [6.45, 7) is 6.53. The molecule has 0 heterocycles. The van der Waals surface area contributed by atoms with Crippen LogP contribution in [0.25, 0.3) is 0 Å². The first-order valence-corrected chi connectivity index (χ1v) is 33.4. The first-order valence-electron chi connectivity index (χ1n) is 33.4. The second-order valence-electron chi connectivity index (χ2n) is 22.4. The van der Waals surface area contributed by atoms with Gasteiger partial charge in [0.25, 0.3) is 0 Å². The molecule has 0 aromatic rings. The van der Waals surface area contributed by atoms with Crippen LogP contribution in [0.1, 0.15) is 342 Å². The Balaban J connectivity index is 4.31. The largest absolute Gasteiger partial charge is 0.462 e. The molecule has 6 nitrogen and oxygen atoms in total. The van der Waals surface area contributed by atoms with Gasteiger partial charge in [-0.1, -0.05) is 306 Å². The highest BCUT2D eigenvalue weighted by atomic mass is 16.6. The van der Waals surface area contributed by atoms with E-state index in [1.807, 2.05) is 0 Å². The third-order valence-corrected chi connectivity index (χ3v) is 14.7. The van der Waals surface area contributed by atoms with E-state index in [1.165, 1.54) is 186 Å². The lowest BCUT2D eigenvalue weighted by molar-refractivity contribution is -0.167. The van der Waals surface area contributed by atoms with Crippen molar-refractivity contribution in [1.82, 2.24) is 0 Å². The van der Waals surface area contributed by atoms with Crippen LogP contribution in [0, 0.1) is 0 Å². The molecule has 0 bridgehead atoms. The second-order valence-corrected chi connectivity index (χ2v) is 22.4. The average Bonchev–Trinajstić information content (AvgIpc) is 3.43. The van der Waals surface area contributed by atoms with E-state index in [9.17, 15) is 14.4 Å². The van der Waals surface area contributed by atoms with Crippen molar-refractivity contribution in [3.05, 3.63) is 72.9 Å². The molecule has 6 heteroatoms. The normalized spacial score (nSPS) is 12.5. The highest BCUT2D eigenvalue weighted by molar-refractivity contribution is 5.71. The van der Waals surface area contributed by atoms with Crippen LogP contribution >= 0.6 is 0 Å². The Kier molecular flexibility index (Phi) is 62.7. The Morgan fingerprint density at radius 1 is 0.273 bits per heavy atom. The Bertz CT molecular complexity index is 1420. The van der Waals surface area contributed by atoms with Crippen molar-refractivity contribution in [2.75, 3.05) is 13.2 Å². The summed E-state index contributed by atoms with van der Waals surface area (Å²) in [6, 6.07) is 0. The van der Waals surface area contributed by atoms with E-state index in [0.29, 0.717) is 19.3 Å². The van der Waals surface area contributed by atoms with Gasteiger partial charge in [0.1, 0.15) is 13.2 Å². The zero-order chi connectivity index (χ0) is 55.7. The third kappa shape index (κ3) is 63.6. The number of carbonyl (C=O) groups excluding carboxylic acids is 3. The fourth-order valence-corrected chi connectivity index (χ4v) is 9.70. The lowest BCUT2D eigenvalue weighted by Crippen LogP contribution is -2.30. The van der Waals surface area contributed by atoms with E-state index in [0.717, 1.165) is 116 Å². The molecule has 0 fully saturated rings. The zero-order valence-corrected chi connectivity index (χ0v) is 51.2. The van der Waals surface area contributed by atoms with Gasteiger partial charge in [0.2, 0.25) is 0 Å². The van der Waals surface area contributed by atoms with Crippen LogP contribution < -0.4 is 0 Å². The number of esters is 3. The smallest absolute Gasteiger partial charge is 0.306 e. The molecule has 0 aliphatic rings. The Morgan fingerprint density at radius 3 is 0.805 bits per heavy atom. The molecule has 446 valence electrons. The number of carbonyl (C=O) groups is 3. The fraction of sp³-hybridized carbons (Fsp3) is 0.789. The molecule has 0 saturated heterocycles. The fourth-order valence-electron chi connectivity index (χ4n) is 9.70. The van der Waals surface area contributed by atoms with Crippen LogP contribution in [0.2, 0.25) is 0 Å². The molecule has 0 radical (unpaired) electrons. The first-order chi connectivity index (χ1) is 38.0. The van der Waals surface area contributed by atoms with Gasteiger partial charge in [0, 0.05) is 19.3 Å². The quantitative estimate of drug-likeness (QED) is 0.0261. The third-order valence-electron chi connectivity index (χ3n) is 14.7. The van der Waals surface area contributed by atoms with Gasteiger partial charge in [0.05, 0.1) is 0 Å². The van der Waals surface area contributed by atoms with Crippen LogP contribution in [0.4, 0.5) is 0 Å². The molecule has 0 saturated carbocycles. The second kappa shape index (κ2) is 65.4.